The second kappa shape index (κ2) is 3.54. The summed E-state index contributed by atoms with van der Waals surface area (Å²) < 4.78 is 0. The van der Waals surface area contributed by atoms with Gasteiger partial charge in [-0.3, -0.25) is 0 Å². The fourth-order valence-electron chi connectivity index (χ4n) is 0.630. The third kappa shape index (κ3) is 2.54. The van der Waals surface area contributed by atoms with Crippen LogP contribution in [0.4, 0.5) is 0 Å². The van der Waals surface area contributed by atoms with Crippen LogP contribution in [-0.4, -0.2) is 7.05 Å². The lowest BCUT2D eigenvalue weighted by Gasteiger charge is -2.09. The lowest BCUT2D eigenvalue weighted by atomic mass is 10.0. The Morgan fingerprint density at radius 2 is 1.67 bits per heavy atom. The zero-order valence-electron chi connectivity index (χ0n) is 7.08. The summed E-state index contributed by atoms with van der Waals surface area (Å²) in [7, 11) is 1.96. The molecule has 0 aliphatic heterocycles. The summed E-state index contributed by atoms with van der Waals surface area (Å²) >= 11 is 0. The minimum atomic E-state index is 0.664. The largest absolute Gasteiger partial charge is 0.392 e. The molecule has 0 aliphatic carbocycles. The van der Waals surface area contributed by atoms with Crippen molar-refractivity contribution < 1.29 is 0 Å². The van der Waals surface area contributed by atoms with Crippen LogP contribution in [-0.2, 0) is 0 Å². The standard InChI is InChI=1S/C8H17N/c1-6(2)7(3)8(4)9-5/h6,9H,1-5H3. The minimum Gasteiger partial charge on any atom is -0.392 e. The molecule has 0 bridgehead atoms. The SMILES string of the molecule is CNC(C)=C(C)C(C)C. The molecule has 0 amide bonds. The Kier molecular flexibility index (Phi) is 3.36. The van der Waals surface area contributed by atoms with Crippen molar-refractivity contribution in [2.24, 2.45) is 5.92 Å². The van der Waals surface area contributed by atoms with Gasteiger partial charge in [-0.25, -0.2) is 0 Å². The van der Waals surface area contributed by atoms with Gasteiger partial charge in [0, 0.05) is 12.7 Å². The number of hydrogen-bond donors (Lipinski definition) is 1. The van der Waals surface area contributed by atoms with E-state index in [1.165, 1.54) is 11.3 Å². The molecule has 1 nitrogen and oxygen atoms in total. The maximum atomic E-state index is 3.13. The molecular formula is C8H17N. The molecule has 0 aromatic carbocycles. The Morgan fingerprint density at radius 3 is 1.78 bits per heavy atom. The quantitative estimate of drug-likeness (QED) is 0.599. The lowest BCUT2D eigenvalue weighted by molar-refractivity contribution is 0.738. The van der Waals surface area contributed by atoms with E-state index in [1.807, 2.05) is 7.05 Å². The van der Waals surface area contributed by atoms with Gasteiger partial charge in [0.1, 0.15) is 0 Å². The van der Waals surface area contributed by atoms with Gasteiger partial charge >= 0.3 is 0 Å². The van der Waals surface area contributed by atoms with Crippen molar-refractivity contribution in [2.75, 3.05) is 7.05 Å². The highest BCUT2D eigenvalue weighted by Crippen LogP contribution is 2.10. The van der Waals surface area contributed by atoms with Crippen molar-refractivity contribution in [2.45, 2.75) is 27.7 Å². The molecule has 9 heavy (non-hydrogen) atoms. The number of hydrogen-bond acceptors (Lipinski definition) is 1. The summed E-state index contributed by atoms with van der Waals surface area (Å²) in [5, 5.41) is 3.13. The molecule has 1 heteroatoms. The van der Waals surface area contributed by atoms with E-state index in [0.717, 1.165) is 0 Å². The second-order valence-corrected chi connectivity index (χ2v) is 2.71. The predicted octanol–water partition coefficient (Wildman–Crippen LogP) is 2.16. The van der Waals surface area contributed by atoms with Gasteiger partial charge in [-0.15, -0.1) is 0 Å². The molecule has 54 valence electrons. The number of nitrogens with one attached hydrogen (secondary N) is 1. The third-order valence-corrected chi connectivity index (χ3v) is 1.83. The van der Waals surface area contributed by atoms with E-state index in [0.29, 0.717) is 5.92 Å². The fraction of sp³-hybridized carbons (Fsp3) is 0.750. The maximum Gasteiger partial charge on any atom is 0.00641 e. The first kappa shape index (κ1) is 8.54. The van der Waals surface area contributed by atoms with Gasteiger partial charge in [-0.05, 0) is 19.8 Å². The zero-order chi connectivity index (χ0) is 7.44. The summed E-state index contributed by atoms with van der Waals surface area (Å²) in [5.41, 5.74) is 2.74. The Bertz CT molecular complexity index is 112. The molecule has 0 fully saturated rings. The van der Waals surface area contributed by atoms with Gasteiger partial charge < -0.3 is 5.32 Å². The van der Waals surface area contributed by atoms with Crippen molar-refractivity contribution in [1.82, 2.24) is 5.32 Å². The summed E-state index contributed by atoms with van der Waals surface area (Å²) in [6, 6.07) is 0. The first-order valence-electron chi connectivity index (χ1n) is 3.44. The van der Waals surface area contributed by atoms with Crippen LogP contribution in [0.3, 0.4) is 0 Å². The predicted molar refractivity (Wildman–Crippen MR) is 42.3 cm³/mol. The summed E-state index contributed by atoms with van der Waals surface area (Å²) in [6.45, 7) is 8.68. The van der Waals surface area contributed by atoms with Gasteiger partial charge in [0.2, 0.25) is 0 Å². The second-order valence-electron chi connectivity index (χ2n) is 2.71. The van der Waals surface area contributed by atoms with Gasteiger partial charge in [-0.2, -0.15) is 0 Å². The molecule has 0 radical (unpaired) electrons. The van der Waals surface area contributed by atoms with Crippen LogP contribution < -0.4 is 5.32 Å². The van der Waals surface area contributed by atoms with Gasteiger partial charge in [0.25, 0.3) is 0 Å². The van der Waals surface area contributed by atoms with Crippen LogP contribution in [0.5, 0.6) is 0 Å². The average Bonchev–Trinajstić information content (AvgIpc) is 1.84. The molecular weight excluding hydrogens is 110 g/mol. The van der Waals surface area contributed by atoms with E-state index >= 15 is 0 Å². The highest BCUT2D eigenvalue weighted by molar-refractivity contribution is 5.08. The summed E-state index contributed by atoms with van der Waals surface area (Å²) in [4.78, 5) is 0. The normalized spacial score (nSPS) is 13.6. The van der Waals surface area contributed by atoms with E-state index in [-0.39, 0.29) is 0 Å². The molecule has 0 spiro atoms. The molecule has 1 N–H and O–H groups in total. The van der Waals surface area contributed by atoms with Crippen LogP contribution in [0.15, 0.2) is 11.3 Å². The number of allylic oxidation sites excluding steroid dienone is 2. The molecule has 0 atom stereocenters. The van der Waals surface area contributed by atoms with Crippen molar-refractivity contribution in [3.8, 4) is 0 Å². The first-order chi connectivity index (χ1) is 4.09. The Hall–Kier alpha value is -0.460. The smallest absolute Gasteiger partial charge is 0.00641 e. The molecule has 0 unspecified atom stereocenters. The molecule has 0 saturated heterocycles. The van der Waals surface area contributed by atoms with Crippen molar-refractivity contribution >= 4 is 0 Å². The first-order valence-corrected chi connectivity index (χ1v) is 3.44. The highest BCUT2D eigenvalue weighted by Gasteiger charge is 1.98. The number of rotatable bonds is 2. The molecule has 0 aliphatic rings. The van der Waals surface area contributed by atoms with Gasteiger partial charge in [0.15, 0.2) is 0 Å². The molecule has 0 heterocycles. The van der Waals surface area contributed by atoms with Crippen LogP contribution in [0.25, 0.3) is 0 Å². The van der Waals surface area contributed by atoms with Crippen molar-refractivity contribution in [1.29, 1.82) is 0 Å². The maximum absolute atomic E-state index is 3.13. The summed E-state index contributed by atoms with van der Waals surface area (Å²) in [6.07, 6.45) is 0. The van der Waals surface area contributed by atoms with Crippen LogP contribution in [0.1, 0.15) is 27.7 Å². The molecule has 0 aromatic heterocycles. The Labute approximate surface area is 58.2 Å². The minimum absolute atomic E-state index is 0.664. The average molecular weight is 127 g/mol. The monoisotopic (exact) mass is 127 g/mol. The Balaban J connectivity index is 4.10. The highest BCUT2D eigenvalue weighted by atomic mass is 14.8. The zero-order valence-corrected chi connectivity index (χ0v) is 7.08. The van der Waals surface area contributed by atoms with Gasteiger partial charge in [0.05, 0.1) is 0 Å². The topological polar surface area (TPSA) is 12.0 Å². The van der Waals surface area contributed by atoms with Crippen molar-refractivity contribution in [3.63, 3.8) is 0 Å². The Morgan fingerprint density at radius 1 is 1.22 bits per heavy atom. The van der Waals surface area contributed by atoms with Crippen LogP contribution in [0, 0.1) is 5.92 Å². The third-order valence-electron chi connectivity index (χ3n) is 1.83. The van der Waals surface area contributed by atoms with Gasteiger partial charge in [-0.1, -0.05) is 19.4 Å². The summed E-state index contributed by atoms with van der Waals surface area (Å²) in [5.74, 6) is 0.664. The van der Waals surface area contributed by atoms with E-state index in [1.54, 1.807) is 0 Å². The van der Waals surface area contributed by atoms with E-state index in [9.17, 15) is 0 Å². The fourth-order valence-corrected chi connectivity index (χ4v) is 0.630. The molecule has 0 saturated carbocycles. The molecule has 0 aromatic rings. The van der Waals surface area contributed by atoms with Crippen LogP contribution >= 0.6 is 0 Å². The van der Waals surface area contributed by atoms with Crippen LogP contribution in [0.2, 0.25) is 0 Å². The van der Waals surface area contributed by atoms with E-state index in [2.05, 4.69) is 33.0 Å². The lowest BCUT2D eigenvalue weighted by Crippen LogP contribution is -2.07. The van der Waals surface area contributed by atoms with Crippen molar-refractivity contribution in [3.05, 3.63) is 11.3 Å². The molecule has 0 rings (SSSR count). The van der Waals surface area contributed by atoms with E-state index in [4.69, 9.17) is 0 Å². The van der Waals surface area contributed by atoms with E-state index < -0.39 is 0 Å².